The fraction of sp³-hybridized carbons (Fsp3) is 0.125. The number of sulfonamides is 1. The number of halogens is 1. The third-order valence-corrected chi connectivity index (χ3v) is 6.46. The molecule has 0 aliphatic carbocycles. The first kappa shape index (κ1) is 25.4. The van der Waals surface area contributed by atoms with E-state index in [-0.39, 0.29) is 17.2 Å². The van der Waals surface area contributed by atoms with Crippen molar-refractivity contribution in [3.8, 4) is 5.75 Å². The third kappa shape index (κ3) is 7.11. The average Bonchev–Trinajstić information content (AvgIpc) is 2.83. The fourth-order valence-corrected chi connectivity index (χ4v) is 4.33. The Hall–Kier alpha value is -4.25. The zero-order chi connectivity index (χ0) is 25.4. The van der Waals surface area contributed by atoms with E-state index in [0.717, 1.165) is 22.0 Å². The second kappa shape index (κ2) is 11.3. The molecule has 2 amide bonds. The minimum atomic E-state index is -4.12. The van der Waals surface area contributed by atoms with Gasteiger partial charge in [-0.3, -0.25) is 13.9 Å². The predicted molar refractivity (Wildman–Crippen MR) is 129 cm³/mol. The molecule has 0 saturated heterocycles. The molecule has 0 saturated carbocycles. The molecule has 3 rings (SSSR count). The van der Waals surface area contributed by atoms with Crippen LogP contribution in [0, 0.1) is 12.7 Å². The summed E-state index contributed by atoms with van der Waals surface area (Å²) < 4.78 is 46.0. The average molecular weight is 499 g/mol. The number of nitrogens with two attached hydrogens (primary N) is 1. The summed E-state index contributed by atoms with van der Waals surface area (Å²) in [4.78, 5) is 23.3. The van der Waals surface area contributed by atoms with E-state index in [2.05, 4.69) is 10.5 Å². The van der Waals surface area contributed by atoms with Gasteiger partial charge in [0.25, 0.3) is 21.8 Å². The van der Waals surface area contributed by atoms with E-state index < -0.39 is 34.2 Å². The smallest absolute Gasteiger partial charge is 0.264 e. The number of rotatable bonds is 10. The van der Waals surface area contributed by atoms with Gasteiger partial charge in [-0.05, 0) is 73.2 Å². The van der Waals surface area contributed by atoms with Crippen molar-refractivity contribution in [3.63, 3.8) is 0 Å². The number of carbonyl (C=O) groups excluding carboxylic acids is 2. The molecule has 3 aromatic carbocycles. The van der Waals surface area contributed by atoms with Crippen LogP contribution in [0.5, 0.6) is 5.75 Å². The number of carbonyl (C=O) groups is 2. The molecule has 0 radical (unpaired) electrons. The van der Waals surface area contributed by atoms with Crippen LogP contribution in [0.25, 0.3) is 0 Å². The SMILES string of the molecule is Cc1ccc(S(=O)(=O)N(CC(=O)N/N=C\c2ccc(OCC(N)=O)cc2)c2ccc(F)cc2)cc1. The molecule has 182 valence electrons. The van der Waals surface area contributed by atoms with Crippen molar-refractivity contribution in [2.75, 3.05) is 17.5 Å². The van der Waals surface area contributed by atoms with E-state index >= 15 is 0 Å². The Kier molecular flexibility index (Phi) is 8.16. The minimum absolute atomic E-state index is 0.0117. The highest BCUT2D eigenvalue weighted by atomic mass is 32.2. The van der Waals surface area contributed by atoms with Gasteiger partial charge in [0.1, 0.15) is 18.1 Å². The number of anilines is 1. The highest BCUT2D eigenvalue weighted by molar-refractivity contribution is 7.92. The number of aryl methyl sites for hydroxylation is 1. The number of hydrogen-bond donors (Lipinski definition) is 2. The van der Waals surface area contributed by atoms with Crippen LogP contribution in [0.15, 0.2) is 82.8 Å². The van der Waals surface area contributed by atoms with Crippen LogP contribution < -0.4 is 20.2 Å². The van der Waals surface area contributed by atoms with Crippen LogP contribution in [0.4, 0.5) is 10.1 Å². The van der Waals surface area contributed by atoms with Gasteiger partial charge >= 0.3 is 0 Å². The summed E-state index contributed by atoms with van der Waals surface area (Å²) in [7, 11) is -4.12. The number of hydrogen-bond acceptors (Lipinski definition) is 6. The molecule has 0 bridgehead atoms. The number of ether oxygens (including phenoxy) is 1. The van der Waals surface area contributed by atoms with Gasteiger partial charge in [0.05, 0.1) is 16.8 Å². The van der Waals surface area contributed by atoms with E-state index in [9.17, 15) is 22.4 Å². The van der Waals surface area contributed by atoms with Crippen molar-refractivity contribution in [1.82, 2.24) is 5.43 Å². The van der Waals surface area contributed by atoms with Crippen LogP contribution >= 0.6 is 0 Å². The summed E-state index contributed by atoms with van der Waals surface area (Å²) in [6, 6.07) is 17.4. The maximum absolute atomic E-state index is 13.4. The van der Waals surface area contributed by atoms with Gasteiger partial charge in [-0.25, -0.2) is 18.2 Å². The molecule has 0 aromatic heterocycles. The third-order valence-electron chi connectivity index (χ3n) is 4.67. The highest BCUT2D eigenvalue weighted by Crippen LogP contribution is 2.24. The summed E-state index contributed by atoms with van der Waals surface area (Å²) in [6.45, 7) is 0.986. The number of benzene rings is 3. The van der Waals surface area contributed by atoms with Crippen molar-refractivity contribution in [2.24, 2.45) is 10.8 Å². The standard InChI is InChI=1S/C24H23FN4O5S/c1-17-2-12-22(13-3-17)35(32,33)29(20-8-6-19(25)7-9-20)15-24(31)28-27-14-18-4-10-21(11-5-18)34-16-23(26)30/h2-14H,15-16H2,1H3,(H2,26,30)(H,28,31)/b27-14-. The Bertz CT molecular complexity index is 1310. The first-order valence-corrected chi connectivity index (χ1v) is 11.8. The molecular weight excluding hydrogens is 475 g/mol. The lowest BCUT2D eigenvalue weighted by molar-refractivity contribution is -0.120. The summed E-state index contributed by atoms with van der Waals surface area (Å²) in [5.41, 5.74) is 8.92. The van der Waals surface area contributed by atoms with Crippen LogP contribution in [-0.2, 0) is 19.6 Å². The second-order valence-corrected chi connectivity index (χ2v) is 9.28. The topological polar surface area (TPSA) is 131 Å². The van der Waals surface area contributed by atoms with Crippen LogP contribution in [0.2, 0.25) is 0 Å². The van der Waals surface area contributed by atoms with E-state index in [1.165, 1.54) is 30.5 Å². The van der Waals surface area contributed by atoms with Gasteiger partial charge in [0, 0.05) is 0 Å². The van der Waals surface area contributed by atoms with E-state index in [1.54, 1.807) is 36.4 Å². The zero-order valence-corrected chi connectivity index (χ0v) is 19.5. The van der Waals surface area contributed by atoms with Crippen LogP contribution in [0.1, 0.15) is 11.1 Å². The lowest BCUT2D eigenvalue weighted by Gasteiger charge is -2.23. The van der Waals surface area contributed by atoms with Crippen molar-refractivity contribution in [3.05, 3.63) is 89.7 Å². The molecule has 0 atom stereocenters. The molecular formula is C24H23FN4O5S. The quantitative estimate of drug-likeness (QED) is 0.327. The molecule has 35 heavy (non-hydrogen) atoms. The number of nitrogens with one attached hydrogen (secondary N) is 1. The Labute approximate surface area is 202 Å². The molecule has 0 fully saturated rings. The van der Waals surface area contributed by atoms with Gasteiger partial charge in [-0.15, -0.1) is 0 Å². The molecule has 0 heterocycles. The Morgan fingerprint density at radius 3 is 2.26 bits per heavy atom. The number of hydrazone groups is 1. The Balaban J connectivity index is 1.72. The second-order valence-electron chi connectivity index (χ2n) is 7.42. The van der Waals surface area contributed by atoms with Crippen LogP contribution in [-0.4, -0.2) is 39.6 Å². The Morgan fingerprint density at radius 1 is 1.03 bits per heavy atom. The van der Waals surface area contributed by atoms with E-state index in [0.29, 0.717) is 11.3 Å². The first-order chi connectivity index (χ1) is 16.6. The summed E-state index contributed by atoms with van der Waals surface area (Å²) >= 11 is 0. The van der Waals surface area contributed by atoms with Gasteiger partial charge in [-0.2, -0.15) is 5.10 Å². The molecule has 3 aromatic rings. The number of amides is 2. The molecule has 11 heteroatoms. The number of primary amides is 1. The van der Waals surface area contributed by atoms with Gasteiger partial charge in [-0.1, -0.05) is 17.7 Å². The van der Waals surface area contributed by atoms with E-state index in [1.807, 2.05) is 6.92 Å². The van der Waals surface area contributed by atoms with E-state index in [4.69, 9.17) is 10.5 Å². The molecule has 3 N–H and O–H groups in total. The normalized spacial score (nSPS) is 11.3. The number of nitrogens with zero attached hydrogens (tertiary/aromatic N) is 2. The molecule has 0 aliphatic heterocycles. The Morgan fingerprint density at radius 2 is 1.66 bits per heavy atom. The highest BCUT2D eigenvalue weighted by Gasteiger charge is 2.27. The fourth-order valence-electron chi connectivity index (χ4n) is 2.91. The largest absolute Gasteiger partial charge is 0.484 e. The molecule has 0 aliphatic rings. The summed E-state index contributed by atoms with van der Waals surface area (Å²) in [6.07, 6.45) is 1.35. The summed E-state index contributed by atoms with van der Waals surface area (Å²) in [5.74, 6) is -1.41. The van der Waals surface area contributed by atoms with Gasteiger partial charge in [0.2, 0.25) is 0 Å². The maximum atomic E-state index is 13.4. The maximum Gasteiger partial charge on any atom is 0.264 e. The van der Waals surface area contributed by atoms with Gasteiger partial charge in [0.15, 0.2) is 6.61 Å². The predicted octanol–water partition coefficient (Wildman–Crippen LogP) is 2.34. The minimum Gasteiger partial charge on any atom is -0.484 e. The van der Waals surface area contributed by atoms with Crippen molar-refractivity contribution < 1.29 is 27.1 Å². The van der Waals surface area contributed by atoms with Crippen LogP contribution in [0.3, 0.4) is 0 Å². The molecule has 0 spiro atoms. The monoisotopic (exact) mass is 498 g/mol. The molecule has 9 nitrogen and oxygen atoms in total. The first-order valence-electron chi connectivity index (χ1n) is 10.3. The van der Waals surface area contributed by atoms with Gasteiger partial charge < -0.3 is 10.5 Å². The van der Waals surface area contributed by atoms with Crippen molar-refractivity contribution >= 4 is 33.7 Å². The lowest BCUT2D eigenvalue weighted by atomic mass is 10.2. The van der Waals surface area contributed by atoms with Crippen molar-refractivity contribution in [1.29, 1.82) is 0 Å². The lowest BCUT2D eigenvalue weighted by Crippen LogP contribution is -2.39. The zero-order valence-electron chi connectivity index (χ0n) is 18.7. The molecule has 0 unspecified atom stereocenters. The van der Waals surface area contributed by atoms with Crippen molar-refractivity contribution in [2.45, 2.75) is 11.8 Å². The summed E-state index contributed by atoms with van der Waals surface area (Å²) in [5, 5.41) is 3.85.